The molecule has 0 aromatic heterocycles. The lowest BCUT2D eigenvalue weighted by atomic mass is 10.0. The van der Waals surface area contributed by atoms with Crippen LogP contribution in [0.2, 0.25) is 6.04 Å². The molecule has 0 aromatic rings. The predicted molar refractivity (Wildman–Crippen MR) is 135 cm³/mol. The zero-order valence-corrected chi connectivity index (χ0v) is 22.7. The molecule has 0 aliphatic carbocycles. The first-order valence-corrected chi connectivity index (χ1v) is 15.1. The number of aliphatic carboxylic acids is 1. The van der Waals surface area contributed by atoms with Gasteiger partial charge in [-0.05, 0) is 25.9 Å². The molecule has 6 nitrogen and oxygen atoms in total. The molecule has 192 valence electrons. The van der Waals surface area contributed by atoms with Crippen molar-refractivity contribution in [3.05, 3.63) is 0 Å². The minimum absolute atomic E-state index is 0.194. The van der Waals surface area contributed by atoms with Crippen LogP contribution in [-0.4, -0.2) is 65.7 Å². The second kappa shape index (κ2) is 22.3. The fourth-order valence-corrected chi connectivity index (χ4v) is 5.90. The minimum atomic E-state index is -2.55. The first kappa shape index (κ1) is 31.5. The van der Waals surface area contributed by atoms with Crippen LogP contribution in [0.4, 0.5) is 0 Å². The van der Waals surface area contributed by atoms with Crippen molar-refractivity contribution >= 4 is 14.8 Å². The van der Waals surface area contributed by atoms with Gasteiger partial charge in [-0.2, -0.15) is 0 Å². The van der Waals surface area contributed by atoms with Crippen molar-refractivity contribution in [3.8, 4) is 0 Å². The molecule has 0 heterocycles. The van der Waals surface area contributed by atoms with Crippen LogP contribution in [0.15, 0.2) is 0 Å². The molecule has 0 atom stereocenters. The fourth-order valence-electron chi connectivity index (χ4n) is 4.19. The highest BCUT2D eigenvalue weighted by Crippen LogP contribution is 2.16. The normalized spacial score (nSPS) is 12.0. The average Bonchev–Trinajstić information content (AvgIpc) is 2.80. The summed E-state index contributed by atoms with van der Waals surface area (Å²) in [4.78, 5) is 13.3. The Kier molecular flexibility index (Phi) is 22.0. The quantitative estimate of drug-likeness (QED) is 0.120. The van der Waals surface area contributed by atoms with E-state index in [1.807, 2.05) is 0 Å². The van der Waals surface area contributed by atoms with Crippen LogP contribution in [0.25, 0.3) is 0 Å². The topological polar surface area (TPSA) is 68.2 Å². The molecule has 0 amide bonds. The number of hydrogen-bond acceptors (Lipinski definition) is 5. The summed E-state index contributed by atoms with van der Waals surface area (Å²) in [5, 5.41) is 9.05. The first-order valence-electron chi connectivity index (χ1n) is 13.1. The van der Waals surface area contributed by atoms with Crippen LogP contribution in [0.5, 0.6) is 0 Å². The van der Waals surface area contributed by atoms with E-state index in [4.69, 9.17) is 18.4 Å². The van der Waals surface area contributed by atoms with Gasteiger partial charge >= 0.3 is 14.8 Å². The molecule has 0 bridgehead atoms. The highest BCUT2D eigenvalue weighted by atomic mass is 28.4. The van der Waals surface area contributed by atoms with E-state index in [-0.39, 0.29) is 6.42 Å². The van der Waals surface area contributed by atoms with Crippen molar-refractivity contribution in [1.82, 2.24) is 4.90 Å². The Morgan fingerprint density at radius 3 is 1.47 bits per heavy atom. The molecule has 0 fully saturated rings. The summed E-state index contributed by atoms with van der Waals surface area (Å²) in [5.74, 6) is -0.731. The fraction of sp³-hybridized carbons (Fsp3) is 0.960. The summed E-state index contributed by atoms with van der Waals surface area (Å²) in [6, 6.07) is 0.749. The maximum absolute atomic E-state index is 11.0. The van der Waals surface area contributed by atoms with Gasteiger partial charge in [0.1, 0.15) is 0 Å². The number of carboxylic acid groups (broad SMARTS) is 1. The zero-order chi connectivity index (χ0) is 23.9. The standard InChI is InChI=1S/C25H53NO5Si/c1-5-6-7-8-9-10-11-12-13-14-15-16-17-18-21-26(23-20-25(27)28)22-19-24-32(29-2,30-3)31-4/h5-24H2,1-4H3,(H,27,28). The second-order valence-electron chi connectivity index (χ2n) is 8.98. The van der Waals surface area contributed by atoms with E-state index in [1.54, 1.807) is 21.3 Å². The summed E-state index contributed by atoms with van der Waals surface area (Å²) < 4.78 is 16.5. The number of nitrogens with zero attached hydrogens (tertiary/aromatic N) is 1. The number of unbranched alkanes of at least 4 members (excludes halogenated alkanes) is 13. The molecule has 32 heavy (non-hydrogen) atoms. The third-order valence-corrected chi connectivity index (χ3v) is 9.19. The van der Waals surface area contributed by atoms with E-state index < -0.39 is 14.8 Å². The lowest BCUT2D eigenvalue weighted by molar-refractivity contribution is -0.137. The van der Waals surface area contributed by atoms with Crippen LogP contribution in [0, 0.1) is 0 Å². The molecule has 7 heteroatoms. The van der Waals surface area contributed by atoms with Gasteiger partial charge in [0, 0.05) is 33.9 Å². The Labute approximate surface area is 199 Å². The smallest absolute Gasteiger partial charge is 0.481 e. The van der Waals surface area contributed by atoms with E-state index in [0.29, 0.717) is 6.54 Å². The molecular weight excluding hydrogens is 422 g/mol. The molecule has 0 aliphatic rings. The number of carbonyl (C=O) groups is 1. The SMILES string of the molecule is CCCCCCCCCCCCCCCCN(CCC[Si](OC)(OC)OC)CCC(=O)O. The molecule has 0 saturated heterocycles. The van der Waals surface area contributed by atoms with Gasteiger partial charge in [-0.1, -0.05) is 90.4 Å². The van der Waals surface area contributed by atoms with Crippen LogP contribution in [0.1, 0.15) is 110 Å². The number of hydrogen-bond donors (Lipinski definition) is 1. The van der Waals surface area contributed by atoms with Gasteiger partial charge in [-0.25, -0.2) is 0 Å². The van der Waals surface area contributed by atoms with E-state index >= 15 is 0 Å². The van der Waals surface area contributed by atoms with E-state index in [1.165, 1.54) is 83.5 Å². The monoisotopic (exact) mass is 475 g/mol. The van der Waals surface area contributed by atoms with Gasteiger partial charge < -0.3 is 23.3 Å². The molecule has 0 aromatic carbocycles. The molecule has 0 rings (SSSR count). The second-order valence-corrected chi connectivity index (χ2v) is 12.1. The third-order valence-electron chi connectivity index (χ3n) is 6.36. The van der Waals surface area contributed by atoms with Crippen molar-refractivity contribution in [2.24, 2.45) is 0 Å². The molecular formula is C25H53NO5Si. The summed E-state index contributed by atoms with van der Waals surface area (Å²) in [6.07, 6.45) is 20.0. The van der Waals surface area contributed by atoms with Crippen LogP contribution < -0.4 is 0 Å². The number of rotatable bonds is 25. The van der Waals surface area contributed by atoms with Gasteiger partial charge in [0.2, 0.25) is 0 Å². The minimum Gasteiger partial charge on any atom is -0.481 e. The van der Waals surface area contributed by atoms with Crippen molar-refractivity contribution in [1.29, 1.82) is 0 Å². The summed E-state index contributed by atoms with van der Waals surface area (Å²) in [6.45, 7) is 4.70. The van der Waals surface area contributed by atoms with Gasteiger partial charge in [-0.15, -0.1) is 0 Å². The Bertz CT molecular complexity index is 413. The zero-order valence-electron chi connectivity index (χ0n) is 21.7. The largest absolute Gasteiger partial charge is 0.500 e. The average molecular weight is 476 g/mol. The Morgan fingerprint density at radius 2 is 1.06 bits per heavy atom. The Balaban J connectivity index is 3.83. The van der Waals surface area contributed by atoms with Crippen molar-refractivity contribution < 1.29 is 23.2 Å². The van der Waals surface area contributed by atoms with Gasteiger partial charge in [-0.3, -0.25) is 4.79 Å². The van der Waals surface area contributed by atoms with Crippen molar-refractivity contribution in [2.45, 2.75) is 116 Å². The van der Waals surface area contributed by atoms with Crippen molar-refractivity contribution in [3.63, 3.8) is 0 Å². The van der Waals surface area contributed by atoms with Gasteiger partial charge in [0.15, 0.2) is 0 Å². The Morgan fingerprint density at radius 1 is 0.656 bits per heavy atom. The van der Waals surface area contributed by atoms with E-state index in [0.717, 1.165) is 32.0 Å². The lowest BCUT2D eigenvalue weighted by Gasteiger charge is -2.26. The summed E-state index contributed by atoms with van der Waals surface area (Å²) in [7, 11) is 2.36. The van der Waals surface area contributed by atoms with Crippen LogP contribution in [-0.2, 0) is 18.1 Å². The first-order chi connectivity index (χ1) is 15.5. The molecule has 0 radical (unpaired) electrons. The summed E-state index contributed by atoms with van der Waals surface area (Å²) >= 11 is 0. The molecule has 0 spiro atoms. The Hall–Kier alpha value is -0.473. The lowest BCUT2D eigenvalue weighted by Crippen LogP contribution is -2.43. The van der Waals surface area contributed by atoms with Crippen LogP contribution in [0.3, 0.4) is 0 Å². The van der Waals surface area contributed by atoms with E-state index in [2.05, 4.69) is 11.8 Å². The molecule has 0 aliphatic heterocycles. The molecule has 0 unspecified atom stereocenters. The predicted octanol–water partition coefficient (Wildman–Crippen LogP) is 6.51. The maximum atomic E-state index is 11.0. The van der Waals surface area contributed by atoms with E-state index in [9.17, 15) is 4.79 Å². The summed E-state index contributed by atoms with van der Waals surface area (Å²) in [5.41, 5.74) is 0. The highest BCUT2D eigenvalue weighted by Gasteiger charge is 2.37. The third kappa shape index (κ3) is 18.0. The van der Waals surface area contributed by atoms with Crippen LogP contribution >= 0.6 is 0 Å². The van der Waals surface area contributed by atoms with Gasteiger partial charge in [0.05, 0.1) is 6.42 Å². The van der Waals surface area contributed by atoms with Crippen molar-refractivity contribution in [2.75, 3.05) is 41.0 Å². The number of carboxylic acids is 1. The maximum Gasteiger partial charge on any atom is 0.500 e. The highest BCUT2D eigenvalue weighted by molar-refractivity contribution is 6.60. The molecule has 0 saturated carbocycles. The molecule has 1 N–H and O–H groups in total. The van der Waals surface area contributed by atoms with Gasteiger partial charge in [0.25, 0.3) is 0 Å².